The molecule has 2 heterocycles. The van der Waals surface area contributed by atoms with Gasteiger partial charge in [0.25, 0.3) is 11.8 Å². The van der Waals surface area contributed by atoms with E-state index in [1.807, 2.05) is 6.07 Å². The molecule has 0 radical (unpaired) electrons. The minimum atomic E-state index is -0.904. The van der Waals surface area contributed by atoms with E-state index in [0.29, 0.717) is 11.1 Å². The van der Waals surface area contributed by atoms with Crippen molar-refractivity contribution in [2.75, 3.05) is 0 Å². The lowest BCUT2D eigenvalue weighted by Gasteiger charge is -2.27. The molecule has 2 aliphatic rings. The fraction of sp³-hybridized carbons (Fsp3) is 0.412. The second-order valence-corrected chi connectivity index (χ2v) is 5.93. The van der Waals surface area contributed by atoms with E-state index in [-0.39, 0.29) is 18.7 Å². The molecule has 6 heteroatoms. The molecule has 120 valence electrons. The number of carbonyl (C=O) groups is 4. The maximum Gasteiger partial charge on any atom is 0.262 e. The number of hydrogen-bond acceptors (Lipinski definition) is 4. The van der Waals surface area contributed by atoms with Crippen LogP contribution in [-0.4, -0.2) is 34.6 Å². The lowest BCUT2D eigenvalue weighted by atomic mass is 10.0. The third-order valence-electron chi connectivity index (χ3n) is 4.32. The normalized spacial score (nSPS) is 20.7. The Morgan fingerprint density at radius 3 is 2.57 bits per heavy atom. The highest BCUT2D eigenvalue weighted by Crippen LogP contribution is 2.28. The standard InChI is InChI=1S/C17H18N2O4/c1-2-3-4-10-5-6-11-12(9-10)17(23)19(16(11)22)13-7-8-14(20)18-15(13)21/h5-6,9,13H,2-4,7-8H2,1H3,(H,18,20,21)/t13-/m0/s1. The number of hydrogen-bond donors (Lipinski definition) is 1. The van der Waals surface area contributed by atoms with E-state index in [2.05, 4.69) is 12.2 Å². The van der Waals surface area contributed by atoms with E-state index in [9.17, 15) is 19.2 Å². The van der Waals surface area contributed by atoms with E-state index in [1.54, 1.807) is 12.1 Å². The minimum absolute atomic E-state index is 0.131. The van der Waals surface area contributed by atoms with Gasteiger partial charge in [-0.1, -0.05) is 19.4 Å². The summed E-state index contributed by atoms with van der Waals surface area (Å²) in [7, 11) is 0. The Labute approximate surface area is 133 Å². The van der Waals surface area contributed by atoms with Gasteiger partial charge in [0.2, 0.25) is 11.8 Å². The highest BCUT2D eigenvalue weighted by Gasteiger charge is 2.44. The van der Waals surface area contributed by atoms with Crippen LogP contribution in [0, 0.1) is 0 Å². The zero-order valence-corrected chi connectivity index (χ0v) is 12.9. The molecule has 0 aromatic heterocycles. The Morgan fingerprint density at radius 2 is 1.87 bits per heavy atom. The molecular formula is C17H18N2O4. The smallest absolute Gasteiger partial charge is 0.262 e. The van der Waals surface area contributed by atoms with Crippen LogP contribution in [0.3, 0.4) is 0 Å². The van der Waals surface area contributed by atoms with Crippen molar-refractivity contribution < 1.29 is 19.2 Å². The maximum atomic E-state index is 12.6. The number of rotatable bonds is 4. The average molecular weight is 314 g/mol. The molecule has 0 unspecified atom stereocenters. The van der Waals surface area contributed by atoms with Gasteiger partial charge in [-0.3, -0.25) is 29.4 Å². The molecule has 0 saturated carbocycles. The molecule has 1 aromatic rings. The van der Waals surface area contributed by atoms with Crippen molar-refractivity contribution in [1.82, 2.24) is 10.2 Å². The zero-order chi connectivity index (χ0) is 16.6. The largest absolute Gasteiger partial charge is 0.295 e. The molecular weight excluding hydrogens is 296 g/mol. The van der Waals surface area contributed by atoms with Gasteiger partial charge < -0.3 is 0 Å². The SMILES string of the molecule is CCCCc1ccc2c(c1)C(=O)N([C@H]1CCC(=O)NC1=O)C2=O. The van der Waals surface area contributed by atoms with Gasteiger partial charge in [0.05, 0.1) is 11.1 Å². The Morgan fingerprint density at radius 1 is 1.13 bits per heavy atom. The van der Waals surface area contributed by atoms with Gasteiger partial charge in [-0.25, -0.2) is 0 Å². The number of aryl methyl sites for hydroxylation is 1. The summed E-state index contributed by atoms with van der Waals surface area (Å²) in [4.78, 5) is 49.3. The Balaban J connectivity index is 1.88. The maximum absolute atomic E-state index is 12.6. The highest BCUT2D eigenvalue weighted by molar-refractivity contribution is 6.23. The monoisotopic (exact) mass is 314 g/mol. The lowest BCUT2D eigenvalue weighted by Crippen LogP contribution is -2.54. The van der Waals surface area contributed by atoms with Gasteiger partial charge in [-0.2, -0.15) is 0 Å². The van der Waals surface area contributed by atoms with Crippen LogP contribution >= 0.6 is 0 Å². The van der Waals surface area contributed by atoms with Crippen molar-refractivity contribution in [2.24, 2.45) is 0 Å². The van der Waals surface area contributed by atoms with Crippen molar-refractivity contribution >= 4 is 23.6 Å². The number of benzene rings is 1. The number of imide groups is 2. The van der Waals surface area contributed by atoms with E-state index >= 15 is 0 Å². The van der Waals surface area contributed by atoms with Gasteiger partial charge in [-0.15, -0.1) is 0 Å². The van der Waals surface area contributed by atoms with Crippen LogP contribution < -0.4 is 5.32 Å². The fourth-order valence-electron chi connectivity index (χ4n) is 3.05. The molecule has 4 amide bonds. The predicted molar refractivity (Wildman–Crippen MR) is 81.7 cm³/mol. The topological polar surface area (TPSA) is 83.6 Å². The molecule has 1 fully saturated rings. The van der Waals surface area contributed by atoms with Gasteiger partial charge in [0.15, 0.2) is 0 Å². The molecule has 1 atom stereocenters. The molecule has 0 bridgehead atoms. The number of carbonyl (C=O) groups excluding carboxylic acids is 4. The summed E-state index contributed by atoms with van der Waals surface area (Å²) < 4.78 is 0. The Kier molecular flexibility index (Phi) is 3.98. The fourth-order valence-corrected chi connectivity index (χ4v) is 3.05. The first-order chi connectivity index (χ1) is 11.0. The minimum Gasteiger partial charge on any atom is -0.295 e. The molecule has 2 aliphatic heterocycles. The van der Waals surface area contributed by atoms with Crippen LogP contribution in [0.2, 0.25) is 0 Å². The Hall–Kier alpha value is -2.50. The number of amides is 4. The summed E-state index contributed by atoms with van der Waals surface area (Å²) in [5.74, 6) is -1.86. The van der Waals surface area contributed by atoms with Crippen molar-refractivity contribution in [2.45, 2.75) is 45.1 Å². The van der Waals surface area contributed by atoms with E-state index in [1.165, 1.54) is 0 Å². The number of nitrogens with one attached hydrogen (secondary N) is 1. The molecule has 0 spiro atoms. The lowest BCUT2D eigenvalue weighted by molar-refractivity contribution is -0.136. The first-order valence-electron chi connectivity index (χ1n) is 7.87. The summed E-state index contributed by atoms with van der Waals surface area (Å²) in [5.41, 5.74) is 1.70. The van der Waals surface area contributed by atoms with Crippen LogP contribution in [0.1, 0.15) is 58.9 Å². The third kappa shape index (κ3) is 2.65. The van der Waals surface area contributed by atoms with Crippen LogP contribution in [-0.2, 0) is 16.0 Å². The Bertz CT molecular complexity index is 711. The number of nitrogens with zero attached hydrogens (tertiary/aromatic N) is 1. The first-order valence-corrected chi connectivity index (χ1v) is 7.87. The molecule has 1 saturated heterocycles. The van der Waals surface area contributed by atoms with E-state index in [4.69, 9.17) is 0 Å². The quantitative estimate of drug-likeness (QED) is 0.852. The van der Waals surface area contributed by atoms with Crippen molar-refractivity contribution in [3.63, 3.8) is 0 Å². The number of unbranched alkanes of at least 4 members (excludes halogenated alkanes) is 1. The van der Waals surface area contributed by atoms with E-state index in [0.717, 1.165) is 29.7 Å². The van der Waals surface area contributed by atoms with Crippen molar-refractivity contribution in [1.29, 1.82) is 0 Å². The van der Waals surface area contributed by atoms with Crippen molar-refractivity contribution in [3.8, 4) is 0 Å². The average Bonchev–Trinajstić information content (AvgIpc) is 2.77. The van der Waals surface area contributed by atoms with E-state index < -0.39 is 23.8 Å². The molecule has 1 aromatic carbocycles. The van der Waals surface area contributed by atoms with Crippen LogP contribution in [0.4, 0.5) is 0 Å². The summed E-state index contributed by atoms with van der Waals surface area (Å²) in [6.07, 6.45) is 3.22. The van der Waals surface area contributed by atoms with Gasteiger partial charge in [-0.05, 0) is 37.0 Å². The summed E-state index contributed by atoms with van der Waals surface area (Å²) >= 11 is 0. The van der Waals surface area contributed by atoms with Gasteiger partial charge >= 0.3 is 0 Å². The summed E-state index contributed by atoms with van der Waals surface area (Å²) in [6, 6.07) is 4.36. The number of piperidine rings is 1. The van der Waals surface area contributed by atoms with Crippen LogP contribution in [0.5, 0.6) is 0 Å². The second-order valence-electron chi connectivity index (χ2n) is 5.93. The second kappa shape index (κ2) is 5.95. The molecule has 6 nitrogen and oxygen atoms in total. The first kappa shape index (κ1) is 15.4. The van der Waals surface area contributed by atoms with Gasteiger partial charge in [0.1, 0.15) is 6.04 Å². The van der Waals surface area contributed by atoms with Gasteiger partial charge in [0, 0.05) is 6.42 Å². The summed E-state index contributed by atoms with van der Waals surface area (Å²) in [5, 5.41) is 2.19. The van der Waals surface area contributed by atoms with Crippen molar-refractivity contribution in [3.05, 3.63) is 34.9 Å². The molecule has 1 N–H and O–H groups in total. The summed E-state index contributed by atoms with van der Waals surface area (Å²) in [6.45, 7) is 2.09. The third-order valence-corrected chi connectivity index (χ3v) is 4.32. The van der Waals surface area contributed by atoms with Crippen LogP contribution in [0.15, 0.2) is 18.2 Å². The molecule has 0 aliphatic carbocycles. The highest BCUT2D eigenvalue weighted by atomic mass is 16.2. The molecule has 23 heavy (non-hydrogen) atoms. The predicted octanol–water partition coefficient (Wildman–Crippen LogP) is 1.43. The zero-order valence-electron chi connectivity index (χ0n) is 12.9. The molecule has 3 rings (SSSR count). The number of fused-ring (bicyclic) bond motifs is 1. The van der Waals surface area contributed by atoms with Crippen LogP contribution in [0.25, 0.3) is 0 Å².